The van der Waals surface area contributed by atoms with Gasteiger partial charge in [-0.05, 0) is 37.3 Å². The van der Waals surface area contributed by atoms with Crippen molar-refractivity contribution in [2.24, 2.45) is 0 Å². The summed E-state index contributed by atoms with van der Waals surface area (Å²) < 4.78 is 15.2. The number of rotatable bonds is 2. The normalized spacial score (nSPS) is 11.2. The lowest BCUT2D eigenvalue weighted by molar-refractivity contribution is 0.476. The summed E-state index contributed by atoms with van der Waals surface area (Å²) in [5, 5.41) is 10.5. The lowest BCUT2D eigenvalue weighted by Crippen LogP contribution is -1.97. The van der Waals surface area contributed by atoms with Crippen molar-refractivity contribution in [1.29, 1.82) is 0 Å². The fourth-order valence-electron chi connectivity index (χ4n) is 2.32. The Bertz CT molecular complexity index is 798. The van der Waals surface area contributed by atoms with E-state index in [4.69, 9.17) is 11.6 Å². The van der Waals surface area contributed by atoms with Gasteiger partial charge in [-0.15, -0.1) is 0 Å². The summed E-state index contributed by atoms with van der Waals surface area (Å²) >= 11 is 5.84. The van der Waals surface area contributed by atoms with Crippen LogP contribution in [0.5, 0.6) is 5.75 Å². The quantitative estimate of drug-likeness (QED) is 0.767. The molecule has 1 heterocycles. The molecule has 0 bridgehead atoms. The highest BCUT2D eigenvalue weighted by Gasteiger charge is 2.15. The summed E-state index contributed by atoms with van der Waals surface area (Å²) in [7, 11) is 0. The Kier molecular flexibility index (Phi) is 3.10. The number of phenolic OH excluding ortho intramolecular Hbond substituents is 1. The van der Waals surface area contributed by atoms with Gasteiger partial charge in [0.15, 0.2) is 0 Å². The number of halogens is 2. The number of fused-ring (bicyclic) bond motifs is 1. The number of imidazole rings is 1. The average molecular weight is 291 g/mol. The maximum absolute atomic E-state index is 13.3. The Morgan fingerprint density at radius 2 is 2.05 bits per heavy atom. The summed E-state index contributed by atoms with van der Waals surface area (Å²) in [6.45, 7) is 2.64. The van der Waals surface area contributed by atoms with E-state index in [1.54, 1.807) is 18.2 Å². The number of aryl methyl sites for hydroxylation is 1. The minimum atomic E-state index is -0.329. The van der Waals surface area contributed by atoms with Gasteiger partial charge in [-0.1, -0.05) is 11.6 Å². The Labute approximate surface area is 120 Å². The van der Waals surface area contributed by atoms with Crippen LogP contribution in [-0.2, 0) is 6.54 Å². The molecule has 1 N–H and O–H groups in total. The molecule has 2 aromatic carbocycles. The van der Waals surface area contributed by atoms with Crippen LogP contribution in [0.2, 0.25) is 5.02 Å². The largest absolute Gasteiger partial charge is 0.507 e. The number of hydrogen-bond donors (Lipinski definition) is 1. The summed E-state index contributed by atoms with van der Waals surface area (Å²) in [5.41, 5.74) is 1.97. The Morgan fingerprint density at radius 1 is 1.25 bits per heavy atom. The van der Waals surface area contributed by atoms with Gasteiger partial charge >= 0.3 is 0 Å². The molecule has 0 unspecified atom stereocenters. The standard InChI is InChI=1S/C15H12ClFN2O/c1-2-19-13-6-4-10(17)8-12(13)18-15(19)11-5-3-9(16)7-14(11)20/h3-8,20H,2H2,1H3. The molecule has 20 heavy (non-hydrogen) atoms. The second-order valence-corrected chi connectivity index (χ2v) is 4.91. The zero-order chi connectivity index (χ0) is 14.3. The van der Waals surface area contributed by atoms with Crippen molar-refractivity contribution in [3.63, 3.8) is 0 Å². The van der Waals surface area contributed by atoms with Crippen LogP contribution in [0.15, 0.2) is 36.4 Å². The third-order valence-corrected chi connectivity index (χ3v) is 3.46. The first-order valence-corrected chi connectivity index (χ1v) is 6.62. The van der Waals surface area contributed by atoms with Gasteiger partial charge in [0.25, 0.3) is 0 Å². The van der Waals surface area contributed by atoms with Crippen molar-refractivity contribution < 1.29 is 9.50 Å². The van der Waals surface area contributed by atoms with E-state index in [-0.39, 0.29) is 11.6 Å². The summed E-state index contributed by atoms with van der Waals surface area (Å²) in [5.74, 6) is 0.329. The molecule has 0 spiro atoms. The fraction of sp³-hybridized carbons (Fsp3) is 0.133. The van der Waals surface area contributed by atoms with Crippen LogP contribution in [-0.4, -0.2) is 14.7 Å². The molecule has 0 amide bonds. The number of aromatic hydroxyl groups is 1. The molecule has 0 aliphatic carbocycles. The molecule has 0 fully saturated rings. The van der Waals surface area contributed by atoms with E-state index in [0.717, 1.165) is 5.52 Å². The van der Waals surface area contributed by atoms with Gasteiger partial charge in [0.2, 0.25) is 0 Å². The van der Waals surface area contributed by atoms with E-state index in [9.17, 15) is 9.50 Å². The predicted octanol–water partition coefficient (Wildman–Crippen LogP) is 4.22. The van der Waals surface area contributed by atoms with Crippen LogP contribution in [0.3, 0.4) is 0 Å². The van der Waals surface area contributed by atoms with Crippen molar-refractivity contribution in [3.8, 4) is 17.1 Å². The van der Waals surface area contributed by atoms with Crippen LogP contribution >= 0.6 is 11.6 Å². The minimum Gasteiger partial charge on any atom is -0.507 e. The summed E-state index contributed by atoms with van der Waals surface area (Å²) in [4.78, 5) is 4.42. The van der Waals surface area contributed by atoms with Crippen LogP contribution in [0.1, 0.15) is 6.92 Å². The number of nitrogens with zero attached hydrogens (tertiary/aromatic N) is 2. The fourth-order valence-corrected chi connectivity index (χ4v) is 2.49. The van der Waals surface area contributed by atoms with Gasteiger partial charge in [-0.3, -0.25) is 0 Å². The van der Waals surface area contributed by atoms with Gasteiger partial charge in [0.05, 0.1) is 16.6 Å². The predicted molar refractivity (Wildman–Crippen MR) is 77.5 cm³/mol. The lowest BCUT2D eigenvalue weighted by atomic mass is 10.2. The minimum absolute atomic E-state index is 0.0583. The molecule has 0 atom stereocenters. The van der Waals surface area contributed by atoms with E-state index in [2.05, 4.69) is 4.98 Å². The topological polar surface area (TPSA) is 38.0 Å². The first-order valence-electron chi connectivity index (χ1n) is 6.25. The molecular formula is C15H12ClFN2O. The zero-order valence-electron chi connectivity index (χ0n) is 10.8. The molecule has 3 rings (SSSR count). The number of aromatic nitrogens is 2. The molecule has 0 aliphatic rings. The Balaban J connectivity index is 2.30. The van der Waals surface area contributed by atoms with E-state index < -0.39 is 0 Å². The maximum Gasteiger partial charge on any atom is 0.144 e. The van der Waals surface area contributed by atoms with E-state index in [0.29, 0.717) is 28.5 Å². The molecule has 0 saturated heterocycles. The summed E-state index contributed by atoms with van der Waals surface area (Å²) in [6.07, 6.45) is 0. The van der Waals surface area contributed by atoms with Crippen LogP contribution in [0.25, 0.3) is 22.4 Å². The average Bonchev–Trinajstić information content (AvgIpc) is 2.75. The lowest BCUT2D eigenvalue weighted by Gasteiger charge is -2.08. The van der Waals surface area contributed by atoms with E-state index >= 15 is 0 Å². The zero-order valence-corrected chi connectivity index (χ0v) is 11.5. The van der Waals surface area contributed by atoms with E-state index in [1.165, 1.54) is 18.2 Å². The molecular weight excluding hydrogens is 279 g/mol. The molecule has 3 aromatic rings. The molecule has 0 radical (unpaired) electrons. The second-order valence-electron chi connectivity index (χ2n) is 4.47. The summed E-state index contributed by atoms with van der Waals surface area (Å²) in [6, 6.07) is 9.35. The van der Waals surface area contributed by atoms with Crippen molar-refractivity contribution in [2.45, 2.75) is 13.5 Å². The van der Waals surface area contributed by atoms with Crippen molar-refractivity contribution >= 4 is 22.6 Å². The molecule has 1 aromatic heterocycles. The Morgan fingerprint density at radius 3 is 2.75 bits per heavy atom. The monoisotopic (exact) mass is 290 g/mol. The number of benzene rings is 2. The van der Waals surface area contributed by atoms with Crippen LogP contribution in [0, 0.1) is 5.82 Å². The van der Waals surface area contributed by atoms with Gasteiger partial charge in [-0.25, -0.2) is 9.37 Å². The van der Waals surface area contributed by atoms with Gasteiger partial charge in [-0.2, -0.15) is 0 Å². The van der Waals surface area contributed by atoms with E-state index in [1.807, 2.05) is 11.5 Å². The molecule has 5 heteroatoms. The highest BCUT2D eigenvalue weighted by atomic mass is 35.5. The van der Waals surface area contributed by atoms with Gasteiger partial charge < -0.3 is 9.67 Å². The molecule has 102 valence electrons. The van der Waals surface area contributed by atoms with Crippen molar-refractivity contribution in [3.05, 3.63) is 47.2 Å². The molecule has 0 saturated carbocycles. The highest BCUT2D eigenvalue weighted by molar-refractivity contribution is 6.30. The Hall–Kier alpha value is -2.07. The molecule has 3 nitrogen and oxygen atoms in total. The SMILES string of the molecule is CCn1c(-c2ccc(Cl)cc2O)nc2cc(F)ccc21. The van der Waals surface area contributed by atoms with Crippen molar-refractivity contribution in [2.75, 3.05) is 0 Å². The third kappa shape index (κ3) is 2.02. The van der Waals surface area contributed by atoms with Crippen LogP contribution < -0.4 is 0 Å². The first-order chi connectivity index (χ1) is 9.60. The second kappa shape index (κ2) is 4.80. The van der Waals surface area contributed by atoms with Gasteiger partial charge in [0, 0.05) is 17.6 Å². The number of hydrogen-bond acceptors (Lipinski definition) is 2. The van der Waals surface area contributed by atoms with Crippen LogP contribution in [0.4, 0.5) is 4.39 Å². The molecule has 0 aliphatic heterocycles. The highest BCUT2D eigenvalue weighted by Crippen LogP contribution is 2.33. The van der Waals surface area contributed by atoms with Gasteiger partial charge in [0.1, 0.15) is 17.4 Å². The first kappa shape index (κ1) is 12.9. The third-order valence-electron chi connectivity index (χ3n) is 3.23. The maximum atomic E-state index is 13.3. The van der Waals surface area contributed by atoms with Crippen molar-refractivity contribution in [1.82, 2.24) is 9.55 Å². The number of phenols is 1. The smallest absolute Gasteiger partial charge is 0.144 e.